The van der Waals surface area contributed by atoms with E-state index >= 15 is 0 Å². The lowest BCUT2D eigenvalue weighted by molar-refractivity contribution is -0.136. The molecule has 0 N–H and O–H groups in total. The standard InChI is InChI=1S/C19H20N6O3/c1-22-6-7-24(19(22)27)13-9-20-25(12-13)14-10-23(11-14)18(26)8-16-15-4-2-3-5-17(15)28-21-16/h2-5,9,12,14H,6-8,10-11H2,1H3. The summed E-state index contributed by atoms with van der Waals surface area (Å²) in [7, 11) is 1.79. The number of fused-ring (bicyclic) bond motifs is 1. The molecule has 0 saturated carbocycles. The van der Waals surface area contributed by atoms with Gasteiger partial charge in [-0.1, -0.05) is 17.3 Å². The lowest BCUT2D eigenvalue weighted by Crippen LogP contribution is -2.51. The van der Waals surface area contributed by atoms with Crippen LogP contribution in [0.25, 0.3) is 11.0 Å². The lowest BCUT2D eigenvalue weighted by Gasteiger charge is -2.39. The maximum atomic E-state index is 12.6. The van der Waals surface area contributed by atoms with Crippen molar-refractivity contribution in [3.63, 3.8) is 0 Å². The minimum Gasteiger partial charge on any atom is -0.356 e. The van der Waals surface area contributed by atoms with Crippen LogP contribution in [0.1, 0.15) is 11.7 Å². The maximum Gasteiger partial charge on any atom is 0.324 e. The summed E-state index contributed by atoms with van der Waals surface area (Å²) in [5.74, 6) is 0.0269. The Hall–Kier alpha value is -3.36. The molecule has 0 spiro atoms. The average Bonchev–Trinajstić information content (AvgIpc) is 3.35. The number of aromatic nitrogens is 3. The summed E-state index contributed by atoms with van der Waals surface area (Å²) in [5.41, 5.74) is 2.16. The number of benzene rings is 1. The van der Waals surface area contributed by atoms with E-state index in [4.69, 9.17) is 4.52 Å². The van der Waals surface area contributed by atoms with Crippen LogP contribution in [0.5, 0.6) is 0 Å². The Morgan fingerprint density at radius 2 is 2.07 bits per heavy atom. The highest BCUT2D eigenvalue weighted by atomic mass is 16.5. The number of carbonyl (C=O) groups excluding carboxylic acids is 2. The molecule has 3 amide bonds. The van der Waals surface area contributed by atoms with Crippen molar-refractivity contribution >= 4 is 28.6 Å². The van der Waals surface area contributed by atoms with Crippen molar-refractivity contribution in [3.05, 3.63) is 42.4 Å². The summed E-state index contributed by atoms with van der Waals surface area (Å²) in [5, 5.41) is 9.30. The first kappa shape index (κ1) is 16.8. The van der Waals surface area contributed by atoms with Gasteiger partial charge in [0.15, 0.2) is 5.58 Å². The van der Waals surface area contributed by atoms with E-state index < -0.39 is 0 Å². The van der Waals surface area contributed by atoms with E-state index in [0.29, 0.717) is 37.5 Å². The molecule has 144 valence electrons. The van der Waals surface area contributed by atoms with Crippen LogP contribution in [-0.2, 0) is 11.2 Å². The number of anilines is 1. The van der Waals surface area contributed by atoms with Crippen LogP contribution in [0.2, 0.25) is 0 Å². The third kappa shape index (κ3) is 2.70. The van der Waals surface area contributed by atoms with E-state index in [2.05, 4.69) is 10.3 Å². The van der Waals surface area contributed by atoms with E-state index in [1.165, 1.54) is 0 Å². The van der Waals surface area contributed by atoms with Crippen LogP contribution < -0.4 is 4.90 Å². The first-order valence-electron chi connectivity index (χ1n) is 9.28. The molecule has 5 rings (SSSR count). The number of nitrogens with zero attached hydrogens (tertiary/aromatic N) is 6. The Bertz CT molecular complexity index is 1050. The quantitative estimate of drug-likeness (QED) is 0.685. The molecule has 1 aromatic carbocycles. The zero-order chi connectivity index (χ0) is 19.3. The van der Waals surface area contributed by atoms with Gasteiger partial charge < -0.3 is 14.3 Å². The molecule has 9 heteroatoms. The molecule has 3 aromatic rings. The highest BCUT2D eigenvalue weighted by Gasteiger charge is 2.34. The Labute approximate surface area is 161 Å². The topological polar surface area (TPSA) is 87.7 Å². The molecule has 2 aromatic heterocycles. The molecule has 2 aliphatic heterocycles. The van der Waals surface area contributed by atoms with Crippen molar-refractivity contribution in [3.8, 4) is 0 Å². The van der Waals surface area contributed by atoms with Gasteiger partial charge in [-0.05, 0) is 12.1 Å². The van der Waals surface area contributed by atoms with Crippen LogP contribution in [0, 0.1) is 0 Å². The summed E-state index contributed by atoms with van der Waals surface area (Å²) >= 11 is 0. The molecule has 28 heavy (non-hydrogen) atoms. The fourth-order valence-electron chi connectivity index (χ4n) is 3.70. The fourth-order valence-corrected chi connectivity index (χ4v) is 3.70. The first-order valence-corrected chi connectivity index (χ1v) is 9.28. The number of para-hydroxylation sites is 1. The highest BCUT2D eigenvalue weighted by molar-refractivity contribution is 5.93. The van der Waals surface area contributed by atoms with Crippen molar-refractivity contribution in [1.82, 2.24) is 24.7 Å². The van der Waals surface area contributed by atoms with Crippen LogP contribution in [0.15, 0.2) is 41.2 Å². The smallest absolute Gasteiger partial charge is 0.324 e. The van der Waals surface area contributed by atoms with Gasteiger partial charge in [-0.25, -0.2) is 4.79 Å². The second kappa shape index (κ2) is 6.36. The molecule has 0 radical (unpaired) electrons. The van der Waals surface area contributed by atoms with Gasteiger partial charge in [0.25, 0.3) is 0 Å². The molecule has 0 atom stereocenters. The Kier molecular flexibility index (Phi) is 3.81. The molecular formula is C19H20N6O3. The molecular weight excluding hydrogens is 360 g/mol. The largest absolute Gasteiger partial charge is 0.356 e. The zero-order valence-electron chi connectivity index (χ0n) is 15.5. The van der Waals surface area contributed by atoms with Crippen LogP contribution in [-0.4, -0.2) is 69.9 Å². The fraction of sp³-hybridized carbons (Fsp3) is 0.368. The summed E-state index contributed by atoms with van der Waals surface area (Å²) in [6.45, 7) is 2.58. The van der Waals surface area contributed by atoms with Gasteiger partial charge in [0.1, 0.15) is 5.69 Å². The van der Waals surface area contributed by atoms with Gasteiger partial charge in [-0.2, -0.15) is 5.10 Å². The van der Waals surface area contributed by atoms with Gasteiger partial charge in [-0.3, -0.25) is 14.4 Å². The van der Waals surface area contributed by atoms with Crippen molar-refractivity contribution in [2.75, 3.05) is 38.1 Å². The minimum atomic E-state index is -0.00944. The number of hydrogen-bond acceptors (Lipinski definition) is 5. The molecule has 9 nitrogen and oxygen atoms in total. The third-order valence-corrected chi connectivity index (χ3v) is 5.48. The monoisotopic (exact) mass is 380 g/mol. The number of likely N-dealkylation sites (tertiary alicyclic amines) is 1. The second-order valence-corrected chi connectivity index (χ2v) is 7.29. The summed E-state index contributed by atoms with van der Waals surface area (Å²) < 4.78 is 7.11. The van der Waals surface area contributed by atoms with Crippen molar-refractivity contribution in [2.24, 2.45) is 0 Å². The SMILES string of the molecule is CN1CCN(c2cnn(C3CN(C(=O)Cc4noc5ccccc45)C3)c2)C1=O. The first-order chi connectivity index (χ1) is 13.6. The molecule has 2 fully saturated rings. The van der Waals surface area contributed by atoms with Crippen LogP contribution >= 0.6 is 0 Å². The van der Waals surface area contributed by atoms with E-state index in [1.807, 2.05) is 35.1 Å². The van der Waals surface area contributed by atoms with Gasteiger partial charge >= 0.3 is 6.03 Å². The Balaban J connectivity index is 1.21. The molecule has 2 saturated heterocycles. The number of amides is 3. The number of rotatable bonds is 4. The normalized spacial score (nSPS) is 17.6. The van der Waals surface area contributed by atoms with E-state index in [-0.39, 0.29) is 24.4 Å². The van der Waals surface area contributed by atoms with Crippen LogP contribution in [0.4, 0.5) is 10.5 Å². The Morgan fingerprint density at radius 1 is 1.25 bits per heavy atom. The number of urea groups is 1. The molecule has 2 aliphatic rings. The molecule has 0 unspecified atom stereocenters. The predicted molar refractivity (Wildman–Crippen MR) is 101 cm³/mol. The number of carbonyl (C=O) groups is 2. The summed E-state index contributed by atoms with van der Waals surface area (Å²) in [4.78, 5) is 29.9. The molecule has 0 aliphatic carbocycles. The second-order valence-electron chi connectivity index (χ2n) is 7.29. The highest BCUT2D eigenvalue weighted by Crippen LogP contribution is 2.26. The third-order valence-electron chi connectivity index (χ3n) is 5.48. The maximum absolute atomic E-state index is 12.6. The van der Waals surface area contributed by atoms with Crippen molar-refractivity contribution in [1.29, 1.82) is 0 Å². The average molecular weight is 380 g/mol. The van der Waals surface area contributed by atoms with Crippen molar-refractivity contribution in [2.45, 2.75) is 12.5 Å². The zero-order valence-corrected chi connectivity index (χ0v) is 15.5. The minimum absolute atomic E-state index is 0.00944. The van der Waals surface area contributed by atoms with Gasteiger partial charge in [0.05, 0.1) is 24.3 Å². The molecule has 0 bridgehead atoms. The summed E-state index contributed by atoms with van der Waals surface area (Å²) in [6.07, 6.45) is 3.82. The number of hydrogen-bond donors (Lipinski definition) is 0. The van der Waals surface area contributed by atoms with Gasteiger partial charge in [-0.15, -0.1) is 0 Å². The van der Waals surface area contributed by atoms with Crippen LogP contribution in [0.3, 0.4) is 0 Å². The van der Waals surface area contributed by atoms with E-state index in [9.17, 15) is 9.59 Å². The van der Waals surface area contributed by atoms with E-state index in [0.717, 1.165) is 11.1 Å². The summed E-state index contributed by atoms with van der Waals surface area (Å²) in [6, 6.07) is 7.66. The Morgan fingerprint density at radius 3 is 2.86 bits per heavy atom. The molecule has 4 heterocycles. The number of likely N-dealkylation sites (N-methyl/N-ethyl adjacent to an activating group) is 1. The van der Waals surface area contributed by atoms with E-state index in [1.54, 1.807) is 27.9 Å². The van der Waals surface area contributed by atoms with Gasteiger partial charge in [0, 0.05) is 44.8 Å². The predicted octanol–water partition coefficient (Wildman–Crippen LogP) is 1.52. The lowest BCUT2D eigenvalue weighted by atomic mass is 10.1. The van der Waals surface area contributed by atoms with Crippen molar-refractivity contribution < 1.29 is 14.1 Å². The van der Waals surface area contributed by atoms with Gasteiger partial charge in [0.2, 0.25) is 5.91 Å².